The third-order valence-electron chi connectivity index (χ3n) is 11.3. The Balaban J connectivity index is 1.20. The number of piperidine rings is 1. The largest absolute Gasteiger partial charge is 0.461 e. The number of nitriles is 1. The predicted octanol–water partition coefficient (Wildman–Crippen LogP) is 5.96. The summed E-state index contributed by atoms with van der Waals surface area (Å²) in [5, 5.41) is 10.4. The highest BCUT2D eigenvalue weighted by atomic mass is 19.1. The van der Waals surface area contributed by atoms with Crippen LogP contribution in [0.5, 0.6) is 6.01 Å². The van der Waals surface area contributed by atoms with Crippen molar-refractivity contribution < 1.29 is 36.6 Å². The Kier molecular flexibility index (Phi) is 7.37. The molecule has 10 rings (SSSR count). The number of nitrogens with zero attached hydrogens (tertiary/aromatic N) is 6. The van der Waals surface area contributed by atoms with Gasteiger partial charge in [0, 0.05) is 37.2 Å². The van der Waals surface area contributed by atoms with Crippen molar-refractivity contribution in [2.75, 3.05) is 43.4 Å². The van der Waals surface area contributed by atoms with E-state index in [0.29, 0.717) is 48.4 Å². The van der Waals surface area contributed by atoms with Gasteiger partial charge in [-0.3, -0.25) is 4.90 Å². The summed E-state index contributed by atoms with van der Waals surface area (Å²) in [6.07, 6.45) is 1.40. The van der Waals surface area contributed by atoms with Crippen molar-refractivity contribution in [1.29, 1.82) is 5.26 Å². The van der Waals surface area contributed by atoms with Crippen LogP contribution in [0.1, 0.15) is 63.1 Å². The van der Waals surface area contributed by atoms with Crippen LogP contribution < -0.4 is 15.4 Å². The minimum atomic E-state index is -0.971. The molecule has 4 atom stereocenters. The molecule has 2 N–H and O–H groups in total. The van der Waals surface area contributed by atoms with Gasteiger partial charge >= 0.3 is 12.1 Å². The van der Waals surface area contributed by atoms with E-state index in [0.717, 1.165) is 31.9 Å². The van der Waals surface area contributed by atoms with E-state index in [-0.39, 0.29) is 77.0 Å². The quantitative estimate of drug-likeness (QED) is 0.261. The van der Waals surface area contributed by atoms with Crippen LogP contribution in [0.3, 0.4) is 0 Å². The fraction of sp³-hybridized carbons (Fsp3) is 0.514. The monoisotopic (exact) mass is 717 g/mol. The number of hydrogen-bond acceptors (Lipinski definition) is 11. The molecule has 272 valence electrons. The summed E-state index contributed by atoms with van der Waals surface area (Å²) in [5.41, 5.74) is 5.48. The lowest BCUT2D eigenvalue weighted by atomic mass is 9.86. The Morgan fingerprint density at radius 1 is 1.12 bits per heavy atom. The fourth-order valence-corrected chi connectivity index (χ4v) is 9.12. The van der Waals surface area contributed by atoms with Crippen LogP contribution in [0, 0.1) is 23.0 Å². The first-order chi connectivity index (χ1) is 24.9. The maximum Gasteiger partial charge on any atom is 0.410 e. The number of halogens is 3. The van der Waals surface area contributed by atoms with Crippen molar-refractivity contribution in [3.8, 4) is 23.2 Å². The van der Waals surface area contributed by atoms with Gasteiger partial charge in [-0.25, -0.2) is 18.0 Å². The van der Waals surface area contributed by atoms with Crippen molar-refractivity contribution in [3.63, 3.8) is 0 Å². The van der Waals surface area contributed by atoms with Crippen molar-refractivity contribution in [3.05, 3.63) is 40.5 Å². The average Bonchev–Trinajstić information content (AvgIpc) is 3.86. The third-order valence-corrected chi connectivity index (χ3v) is 11.3. The molecular weight excluding hydrogens is 679 g/mol. The summed E-state index contributed by atoms with van der Waals surface area (Å²) < 4.78 is 71.6. The van der Waals surface area contributed by atoms with Crippen molar-refractivity contribution >= 4 is 39.7 Å². The molecule has 0 saturated carbocycles. The van der Waals surface area contributed by atoms with Crippen molar-refractivity contribution in [2.24, 2.45) is 0 Å². The highest BCUT2D eigenvalue weighted by molar-refractivity contribution is 6.06. The van der Waals surface area contributed by atoms with E-state index in [4.69, 9.17) is 29.3 Å². The van der Waals surface area contributed by atoms with Gasteiger partial charge in [0.2, 0.25) is 5.88 Å². The molecule has 6 aliphatic heterocycles. The van der Waals surface area contributed by atoms with Gasteiger partial charge in [0.15, 0.2) is 5.82 Å². The molecule has 8 heterocycles. The zero-order valence-corrected chi connectivity index (χ0v) is 29.1. The molecule has 12 nitrogen and oxygen atoms in total. The topological polar surface area (TPSA) is 143 Å². The zero-order valence-electron chi connectivity index (χ0n) is 29.1. The molecule has 6 aliphatic rings. The molecule has 52 heavy (non-hydrogen) atoms. The SMILES string of the molecule is CC(C)(C)OC(=O)N1CC2CC(C1)N2c1nc(OC[C@@]23CCCN2CC(F)C3)nc2c(F)c(-c3c(F)ccc4oc(N)c(C#N)c34)c3c(c12)COC3. The molecule has 0 radical (unpaired) electrons. The second-order valence-corrected chi connectivity index (χ2v) is 15.6. The number of alkyl halides is 1. The van der Waals surface area contributed by atoms with Crippen LogP contribution in [0.15, 0.2) is 16.5 Å². The molecule has 2 bridgehead atoms. The average molecular weight is 718 g/mol. The Bertz CT molecular complexity index is 2200. The summed E-state index contributed by atoms with van der Waals surface area (Å²) in [6.45, 7) is 7.47. The fourth-order valence-electron chi connectivity index (χ4n) is 9.12. The van der Waals surface area contributed by atoms with Gasteiger partial charge in [-0.2, -0.15) is 15.2 Å². The number of nitrogen functional groups attached to an aromatic ring is 1. The van der Waals surface area contributed by atoms with Gasteiger partial charge in [0.1, 0.15) is 52.7 Å². The van der Waals surface area contributed by atoms with Crippen LogP contribution in [-0.4, -0.2) is 88.0 Å². The molecule has 2 aromatic heterocycles. The predicted molar refractivity (Wildman–Crippen MR) is 183 cm³/mol. The van der Waals surface area contributed by atoms with Gasteiger partial charge in [-0.1, -0.05) is 0 Å². The summed E-state index contributed by atoms with van der Waals surface area (Å²) >= 11 is 0. The number of furan rings is 1. The van der Waals surface area contributed by atoms with Crippen molar-refractivity contribution in [1.82, 2.24) is 19.8 Å². The first kappa shape index (κ1) is 33.1. The Hall–Kier alpha value is -4.81. The Morgan fingerprint density at radius 2 is 1.88 bits per heavy atom. The molecule has 5 saturated heterocycles. The Morgan fingerprint density at radius 3 is 2.63 bits per heavy atom. The molecule has 5 fully saturated rings. The lowest BCUT2D eigenvalue weighted by Gasteiger charge is -2.56. The molecule has 3 unspecified atom stereocenters. The number of fused-ring (bicyclic) bond motifs is 7. The molecule has 4 aromatic rings. The van der Waals surface area contributed by atoms with Crippen LogP contribution in [0.25, 0.3) is 33.0 Å². The van der Waals surface area contributed by atoms with E-state index in [1.807, 2.05) is 26.8 Å². The van der Waals surface area contributed by atoms with E-state index in [1.54, 1.807) is 4.90 Å². The van der Waals surface area contributed by atoms with Crippen LogP contribution in [-0.2, 0) is 22.7 Å². The molecular formula is C37H38F3N7O5. The highest BCUT2D eigenvalue weighted by Crippen LogP contribution is 2.49. The Labute approximate surface area is 297 Å². The van der Waals surface area contributed by atoms with Gasteiger partial charge in [0.05, 0.1) is 41.6 Å². The van der Waals surface area contributed by atoms with E-state index >= 15 is 8.78 Å². The van der Waals surface area contributed by atoms with E-state index in [1.165, 1.54) is 6.07 Å². The minimum absolute atomic E-state index is 0.0255. The summed E-state index contributed by atoms with van der Waals surface area (Å²) in [5.74, 6) is -1.39. The van der Waals surface area contributed by atoms with Gasteiger partial charge in [-0.05, 0) is 69.8 Å². The molecule has 0 spiro atoms. The number of piperazine rings is 1. The second-order valence-electron chi connectivity index (χ2n) is 15.6. The lowest BCUT2D eigenvalue weighted by Crippen LogP contribution is -2.70. The summed E-state index contributed by atoms with van der Waals surface area (Å²) in [7, 11) is 0. The van der Waals surface area contributed by atoms with Gasteiger partial charge in [-0.15, -0.1) is 0 Å². The number of hydrogen-bond donors (Lipinski definition) is 1. The van der Waals surface area contributed by atoms with Crippen molar-refractivity contribution in [2.45, 2.75) is 89.1 Å². The highest BCUT2D eigenvalue weighted by Gasteiger charge is 2.51. The van der Waals surface area contributed by atoms with E-state index < -0.39 is 35.0 Å². The number of amides is 1. The van der Waals surface area contributed by atoms with Crippen LogP contribution in [0.4, 0.5) is 29.7 Å². The molecule has 2 aromatic carbocycles. The van der Waals surface area contributed by atoms with E-state index in [2.05, 4.69) is 14.8 Å². The van der Waals surface area contributed by atoms with Crippen LogP contribution >= 0.6 is 0 Å². The number of benzene rings is 2. The number of carbonyl (C=O) groups excluding carboxylic acids is 1. The minimum Gasteiger partial charge on any atom is -0.461 e. The lowest BCUT2D eigenvalue weighted by molar-refractivity contribution is 0.00843. The number of ether oxygens (including phenoxy) is 3. The normalized spacial score (nSPS) is 25.4. The maximum absolute atomic E-state index is 17.5. The summed E-state index contributed by atoms with van der Waals surface area (Å²) in [6, 6.07) is 4.09. The second kappa shape index (κ2) is 11.6. The zero-order chi connectivity index (χ0) is 36.3. The van der Waals surface area contributed by atoms with Gasteiger partial charge in [0.25, 0.3) is 0 Å². The number of aromatic nitrogens is 2. The molecule has 15 heteroatoms. The molecule has 0 aliphatic carbocycles. The van der Waals surface area contributed by atoms with Crippen LogP contribution in [0.2, 0.25) is 0 Å². The number of carbonyl (C=O) groups is 1. The maximum atomic E-state index is 17.5. The number of rotatable bonds is 5. The third kappa shape index (κ3) is 4.97. The first-order valence-corrected chi connectivity index (χ1v) is 17.7. The first-order valence-electron chi connectivity index (χ1n) is 17.7. The number of nitrogens with two attached hydrogens (primary N) is 1. The molecule has 1 amide bonds. The smallest absolute Gasteiger partial charge is 0.410 e. The number of anilines is 2. The summed E-state index contributed by atoms with van der Waals surface area (Å²) in [4.78, 5) is 28.5. The van der Waals surface area contributed by atoms with Gasteiger partial charge < -0.3 is 34.2 Å². The standard InChI is InChI=1S/C37H38F3N7O5/c1-36(2,3)52-35(48)45-13-19-9-20(14-45)47(19)33-28-23-16-49-15-22(23)27(29-24(39)5-6-25-26(29)21(11-41)32(42)51-25)30(40)31(28)43-34(44-33)50-17-37-7-4-8-46(37)12-18(38)10-37/h5-6,18-20H,4,7-10,12-17,42H2,1-3H3/t18?,19?,20?,37-/m0/s1. The van der Waals surface area contributed by atoms with E-state index in [9.17, 15) is 14.4 Å².